The van der Waals surface area contributed by atoms with Gasteiger partial charge in [-0.1, -0.05) is 30.3 Å². The average Bonchev–Trinajstić information content (AvgIpc) is 2.68. The second-order valence-electron chi connectivity index (χ2n) is 6.44. The molecule has 0 saturated heterocycles. The molecule has 0 unspecified atom stereocenters. The highest BCUT2D eigenvalue weighted by Crippen LogP contribution is 2.41. The van der Waals surface area contributed by atoms with Crippen LogP contribution in [0.3, 0.4) is 0 Å². The van der Waals surface area contributed by atoms with Gasteiger partial charge in [-0.3, -0.25) is 4.55 Å². The maximum atomic E-state index is 11.4. The van der Waals surface area contributed by atoms with Gasteiger partial charge in [0.05, 0.1) is 10.3 Å². The Bertz CT molecular complexity index is 897. The molecule has 1 heterocycles. The van der Waals surface area contributed by atoms with Gasteiger partial charge in [-0.15, -0.1) is 0 Å². The van der Waals surface area contributed by atoms with Gasteiger partial charge in [-0.25, -0.2) is 0 Å². The number of nitrogens with zero attached hydrogens (tertiary/aromatic N) is 1. The van der Waals surface area contributed by atoms with Gasteiger partial charge in [0.1, 0.15) is 0 Å². The lowest BCUT2D eigenvalue weighted by Gasteiger charge is -2.15. The van der Waals surface area contributed by atoms with Gasteiger partial charge in [-0.05, 0) is 26.0 Å². The Hall–Kier alpha value is -1.98. The van der Waals surface area contributed by atoms with Crippen LogP contribution in [-0.2, 0) is 22.1 Å². The Balaban J connectivity index is 2.12. The quantitative estimate of drug-likeness (QED) is 0.692. The third-order valence-corrected chi connectivity index (χ3v) is 5.57. The first kappa shape index (κ1) is 15.9. The average molecular weight is 330 g/mol. The molecular weight excluding hydrogens is 310 g/mol. The van der Waals surface area contributed by atoms with Crippen LogP contribution in [0.4, 0.5) is 5.69 Å². The molecule has 0 bridgehead atoms. The smallest absolute Gasteiger partial charge is 0.282 e. The number of benzene rings is 2. The summed E-state index contributed by atoms with van der Waals surface area (Å²) in [5.41, 5.74) is 3.97. The molecule has 5 heteroatoms. The van der Waals surface area contributed by atoms with Crippen molar-refractivity contribution in [2.75, 3.05) is 0 Å². The molecule has 0 spiro atoms. The van der Waals surface area contributed by atoms with Crippen LogP contribution in [0.2, 0.25) is 0 Å². The summed E-state index contributed by atoms with van der Waals surface area (Å²) in [5, 5.41) is 0. The topological polar surface area (TPSA) is 57.4 Å². The lowest BCUT2D eigenvalue weighted by molar-refractivity contribution is -0.456. The molecule has 0 aliphatic carbocycles. The highest BCUT2D eigenvalue weighted by atomic mass is 32.2. The molecule has 3 rings (SSSR count). The van der Waals surface area contributed by atoms with Crippen LogP contribution in [-0.4, -0.2) is 23.3 Å². The fourth-order valence-electron chi connectivity index (χ4n) is 3.09. The monoisotopic (exact) mass is 330 g/mol. The Morgan fingerprint density at radius 2 is 1.74 bits per heavy atom. The first-order valence-corrected chi connectivity index (χ1v) is 8.93. The fraction of sp³-hybridized carbons (Fsp3) is 0.278. The van der Waals surface area contributed by atoms with E-state index in [1.807, 2.05) is 18.2 Å². The summed E-state index contributed by atoms with van der Waals surface area (Å²) in [6.45, 7) is 6.93. The van der Waals surface area contributed by atoms with Crippen LogP contribution in [0.1, 0.15) is 31.9 Å². The van der Waals surface area contributed by atoms with Crippen LogP contribution in [0.5, 0.6) is 0 Å². The Morgan fingerprint density at radius 3 is 2.35 bits per heavy atom. The van der Waals surface area contributed by atoms with E-state index in [2.05, 4.69) is 37.5 Å². The molecule has 2 aromatic rings. The van der Waals surface area contributed by atoms with E-state index < -0.39 is 10.1 Å². The van der Waals surface area contributed by atoms with Crippen molar-refractivity contribution in [3.05, 3.63) is 59.7 Å². The zero-order chi connectivity index (χ0) is 16.8. The maximum absolute atomic E-state index is 11.4. The van der Waals surface area contributed by atoms with Crippen molar-refractivity contribution in [1.82, 2.24) is 0 Å². The molecule has 120 valence electrons. The SMILES string of the molecule is CC1=[N+](Cc2ccccc2)c2ccc(S(=O)(=O)O)cc2C1(C)C. The summed E-state index contributed by atoms with van der Waals surface area (Å²) in [7, 11) is -4.20. The maximum Gasteiger partial charge on any atom is 0.294 e. The molecule has 0 saturated carbocycles. The molecule has 2 aromatic carbocycles. The van der Waals surface area contributed by atoms with E-state index in [-0.39, 0.29) is 10.3 Å². The molecule has 0 aromatic heterocycles. The van der Waals surface area contributed by atoms with Gasteiger partial charge in [-0.2, -0.15) is 13.0 Å². The summed E-state index contributed by atoms with van der Waals surface area (Å²) in [6, 6.07) is 15.0. The van der Waals surface area contributed by atoms with Gasteiger partial charge < -0.3 is 0 Å². The second-order valence-corrected chi connectivity index (χ2v) is 7.86. The lowest BCUT2D eigenvalue weighted by Crippen LogP contribution is -2.26. The minimum Gasteiger partial charge on any atom is -0.282 e. The van der Waals surface area contributed by atoms with Gasteiger partial charge in [0, 0.05) is 24.1 Å². The van der Waals surface area contributed by atoms with Crippen LogP contribution in [0, 0.1) is 0 Å². The Labute approximate surface area is 136 Å². The molecule has 0 radical (unpaired) electrons. The number of hydrogen-bond acceptors (Lipinski definition) is 2. The number of hydrogen-bond donors (Lipinski definition) is 1. The predicted octanol–water partition coefficient (Wildman–Crippen LogP) is 3.53. The first-order chi connectivity index (χ1) is 10.7. The minimum atomic E-state index is -4.20. The van der Waals surface area contributed by atoms with E-state index >= 15 is 0 Å². The van der Waals surface area contributed by atoms with Gasteiger partial charge in [0.15, 0.2) is 12.3 Å². The van der Waals surface area contributed by atoms with Crippen molar-refractivity contribution in [2.24, 2.45) is 0 Å². The second kappa shape index (κ2) is 5.28. The number of fused-ring (bicyclic) bond motifs is 1. The molecule has 1 aliphatic heterocycles. The van der Waals surface area contributed by atoms with Crippen LogP contribution < -0.4 is 0 Å². The van der Waals surface area contributed by atoms with Crippen molar-refractivity contribution in [2.45, 2.75) is 37.6 Å². The Kier molecular flexibility index (Phi) is 3.65. The van der Waals surface area contributed by atoms with Crippen molar-refractivity contribution in [1.29, 1.82) is 0 Å². The molecule has 23 heavy (non-hydrogen) atoms. The minimum absolute atomic E-state index is 0.0568. The molecule has 0 amide bonds. The summed E-state index contributed by atoms with van der Waals surface area (Å²) in [5.74, 6) is 0. The molecular formula is C18H20NO3S+. The van der Waals surface area contributed by atoms with Crippen LogP contribution >= 0.6 is 0 Å². The van der Waals surface area contributed by atoms with E-state index in [4.69, 9.17) is 0 Å². The molecule has 1 aliphatic rings. The standard InChI is InChI=1S/C18H19NO3S/c1-13-18(2,3)16-11-15(23(20,21)22)9-10-17(16)19(13)12-14-7-5-4-6-8-14/h4-11H,12H2,1-3H3/p+1. The number of rotatable bonds is 3. The van der Waals surface area contributed by atoms with E-state index in [1.165, 1.54) is 11.6 Å². The molecule has 0 atom stereocenters. The van der Waals surface area contributed by atoms with Gasteiger partial charge in [0.25, 0.3) is 10.1 Å². The van der Waals surface area contributed by atoms with Crippen molar-refractivity contribution in [3.8, 4) is 0 Å². The van der Waals surface area contributed by atoms with Crippen LogP contribution in [0.15, 0.2) is 53.4 Å². The zero-order valence-corrected chi connectivity index (χ0v) is 14.3. The van der Waals surface area contributed by atoms with E-state index in [9.17, 15) is 13.0 Å². The van der Waals surface area contributed by atoms with E-state index in [0.717, 1.165) is 23.5 Å². The lowest BCUT2D eigenvalue weighted by atomic mass is 9.82. The molecule has 0 fully saturated rings. The fourth-order valence-corrected chi connectivity index (χ4v) is 3.60. The molecule has 4 nitrogen and oxygen atoms in total. The predicted molar refractivity (Wildman–Crippen MR) is 90.0 cm³/mol. The Morgan fingerprint density at radius 1 is 1.09 bits per heavy atom. The van der Waals surface area contributed by atoms with E-state index in [1.54, 1.807) is 12.1 Å². The molecule has 1 N–H and O–H groups in total. The third kappa shape index (κ3) is 2.71. The van der Waals surface area contributed by atoms with Gasteiger partial charge in [0.2, 0.25) is 5.69 Å². The van der Waals surface area contributed by atoms with Gasteiger partial charge >= 0.3 is 0 Å². The third-order valence-electron chi connectivity index (χ3n) is 4.72. The van der Waals surface area contributed by atoms with Crippen molar-refractivity contribution >= 4 is 21.5 Å². The van der Waals surface area contributed by atoms with E-state index in [0.29, 0.717) is 0 Å². The van der Waals surface area contributed by atoms with Crippen molar-refractivity contribution < 1.29 is 17.5 Å². The summed E-state index contributed by atoms with van der Waals surface area (Å²) in [6.07, 6.45) is 0. The summed E-state index contributed by atoms with van der Waals surface area (Å²) >= 11 is 0. The summed E-state index contributed by atoms with van der Waals surface area (Å²) in [4.78, 5) is -0.0568. The highest BCUT2D eigenvalue weighted by molar-refractivity contribution is 7.85. The van der Waals surface area contributed by atoms with Crippen LogP contribution in [0.25, 0.3) is 0 Å². The first-order valence-electron chi connectivity index (χ1n) is 7.49. The zero-order valence-electron chi connectivity index (χ0n) is 13.4. The normalized spacial score (nSPS) is 16.5. The largest absolute Gasteiger partial charge is 0.294 e. The highest BCUT2D eigenvalue weighted by Gasteiger charge is 2.43. The summed E-state index contributed by atoms with van der Waals surface area (Å²) < 4.78 is 34.4. The van der Waals surface area contributed by atoms with Crippen molar-refractivity contribution in [3.63, 3.8) is 0 Å².